The van der Waals surface area contributed by atoms with E-state index in [-0.39, 0.29) is 5.41 Å². The molecule has 4 heteroatoms. The van der Waals surface area contributed by atoms with Crippen molar-refractivity contribution in [2.24, 2.45) is 0 Å². The summed E-state index contributed by atoms with van der Waals surface area (Å²) in [7, 11) is 1.73. The number of ether oxygens (including phenoxy) is 1. The molecule has 0 saturated heterocycles. The van der Waals surface area contributed by atoms with Gasteiger partial charge in [0.2, 0.25) is 0 Å². The van der Waals surface area contributed by atoms with Gasteiger partial charge in [0, 0.05) is 41.7 Å². The van der Waals surface area contributed by atoms with Gasteiger partial charge in [0.15, 0.2) is 0 Å². The molecule has 4 aromatic rings. The van der Waals surface area contributed by atoms with E-state index in [2.05, 4.69) is 125 Å². The number of rotatable bonds is 8. The molecule has 0 aromatic heterocycles. The topological polar surface area (TPSA) is 44.7 Å². The van der Waals surface area contributed by atoms with Crippen LogP contribution in [0.5, 0.6) is 5.75 Å². The number of hydrogen-bond donors (Lipinski definition) is 2. The molecule has 0 spiro atoms. The summed E-state index contributed by atoms with van der Waals surface area (Å²) < 4.78 is 5.56. The first kappa shape index (κ1) is 27.3. The van der Waals surface area contributed by atoms with E-state index in [9.17, 15) is 5.11 Å². The predicted octanol–water partition coefficient (Wildman–Crippen LogP) is 8.81. The summed E-state index contributed by atoms with van der Waals surface area (Å²) in [5.41, 5.74) is 10.2. The van der Waals surface area contributed by atoms with Crippen LogP contribution in [0, 0.1) is 20.8 Å². The van der Waals surface area contributed by atoms with E-state index in [0.717, 1.165) is 45.0 Å². The molecule has 38 heavy (non-hydrogen) atoms. The Morgan fingerprint density at radius 2 is 1.45 bits per heavy atom. The van der Waals surface area contributed by atoms with Gasteiger partial charge >= 0.3 is 0 Å². The van der Waals surface area contributed by atoms with Gasteiger partial charge in [0.1, 0.15) is 5.75 Å². The van der Waals surface area contributed by atoms with Crippen molar-refractivity contribution in [3.05, 3.63) is 101 Å². The third kappa shape index (κ3) is 6.03. The Bertz CT molecular complexity index is 1400. The highest BCUT2D eigenvalue weighted by Crippen LogP contribution is 2.45. The highest BCUT2D eigenvalue weighted by atomic mass is 16.5. The number of benzene rings is 4. The average Bonchev–Trinajstić information content (AvgIpc) is 2.88. The molecule has 198 valence electrons. The molecule has 4 rings (SSSR count). The molecule has 0 amide bonds. The molecule has 4 aromatic carbocycles. The number of para-hydroxylation sites is 1. The molecule has 0 atom stereocenters. The third-order valence-electron chi connectivity index (χ3n) is 6.84. The maximum atomic E-state index is 11.5. The fraction of sp³-hybridized carbons (Fsp3) is 0.294. The highest BCUT2D eigenvalue weighted by Gasteiger charge is 2.24. The van der Waals surface area contributed by atoms with E-state index in [1.54, 1.807) is 7.11 Å². The van der Waals surface area contributed by atoms with Crippen LogP contribution in [0.1, 0.15) is 43.0 Å². The number of aromatic hydroxyl groups is 1. The second kappa shape index (κ2) is 11.3. The fourth-order valence-electron chi connectivity index (χ4n) is 4.81. The summed E-state index contributed by atoms with van der Waals surface area (Å²) in [6, 6.07) is 27.4. The van der Waals surface area contributed by atoms with Crippen LogP contribution in [0.25, 0.3) is 11.1 Å². The molecule has 2 N–H and O–H groups in total. The van der Waals surface area contributed by atoms with E-state index in [0.29, 0.717) is 18.9 Å². The lowest BCUT2D eigenvalue weighted by Gasteiger charge is -2.30. The Morgan fingerprint density at radius 1 is 0.763 bits per heavy atom. The second-order valence-electron chi connectivity index (χ2n) is 11.1. The minimum absolute atomic E-state index is 0.183. The second-order valence-corrected chi connectivity index (χ2v) is 11.1. The molecule has 0 aliphatic heterocycles. The summed E-state index contributed by atoms with van der Waals surface area (Å²) in [5, 5.41) is 15.1. The van der Waals surface area contributed by atoms with Crippen molar-refractivity contribution in [1.29, 1.82) is 0 Å². The first-order valence-corrected chi connectivity index (χ1v) is 13.2. The van der Waals surface area contributed by atoms with Gasteiger partial charge in [-0.25, -0.2) is 0 Å². The summed E-state index contributed by atoms with van der Waals surface area (Å²) >= 11 is 0. The van der Waals surface area contributed by atoms with E-state index in [4.69, 9.17) is 4.74 Å². The summed E-state index contributed by atoms with van der Waals surface area (Å²) in [5.74, 6) is 0.337. The molecule has 0 heterocycles. The number of nitrogens with one attached hydrogen (secondary N) is 1. The smallest absolute Gasteiger partial charge is 0.127 e. The van der Waals surface area contributed by atoms with Crippen molar-refractivity contribution >= 4 is 22.7 Å². The number of methoxy groups -OCH3 is 1. The monoisotopic (exact) mass is 508 g/mol. The van der Waals surface area contributed by atoms with Gasteiger partial charge < -0.3 is 20.1 Å². The standard InChI is InChI=1S/C34H40N2O2/c1-23-12-15-26(16-13-23)35-30-17-14-24(2)22-32(30)36(18-19-38-7)31-11-9-8-10-27(31)28-20-25(3)21-29(33(28)37)34(4,5)6/h8-17,20-22,35,37H,18-19H2,1-7H3. The number of nitrogens with zero attached hydrogens (tertiary/aromatic N) is 1. The van der Waals surface area contributed by atoms with Gasteiger partial charge in [-0.1, -0.05) is 68.8 Å². The Hall–Kier alpha value is -3.76. The van der Waals surface area contributed by atoms with Crippen molar-refractivity contribution in [1.82, 2.24) is 0 Å². The van der Waals surface area contributed by atoms with Crippen LogP contribution in [0.2, 0.25) is 0 Å². The largest absolute Gasteiger partial charge is 0.507 e. The average molecular weight is 509 g/mol. The lowest BCUT2D eigenvalue weighted by molar-refractivity contribution is 0.207. The quantitative estimate of drug-likeness (QED) is 0.250. The number of anilines is 4. The Morgan fingerprint density at radius 3 is 2.13 bits per heavy atom. The zero-order valence-electron chi connectivity index (χ0n) is 23.7. The lowest BCUT2D eigenvalue weighted by atomic mass is 9.83. The van der Waals surface area contributed by atoms with Gasteiger partial charge in [0.05, 0.1) is 18.0 Å². The third-order valence-corrected chi connectivity index (χ3v) is 6.84. The summed E-state index contributed by atoms with van der Waals surface area (Å²) in [4.78, 5) is 2.29. The Labute approximate surface area is 227 Å². The van der Waals surface area contributed by atoms with Gasteiger partial charge in [0.25, 0.3) is 0 Å². The maximum absolute atomic E-state index is 11.5. The van der Waals surface area contributed by atoms with Gasteiger partial charge in [-0.05, 0) is 73.7 Å². The molecular formula is C34H40N2O2. The predicted molar refractivity (Wildman–Crippen MR) is 162 cm³/mol. The number of phenols is 1. The Kier molecular flexibility index (Phi) is 8.13. The van der Waals surface area contributed by atoms with Crippen LogP contribution in [-0.4, -0.2) is 25.4 Å². The van der Waals surface area contributed by atoms with E-state index in [1.807, 2.05) is 6.07 Å². The minimum Gasteiger partial charge on any atom is -0.507 e. The molecule has 0 unspecified atom stereocenters. The highest BCUT2D eigenvalue weighted by molar-refractivity contribution is 5.89. The minimum atomic E-state index is -0.183. The zero-order chi connectivity index (χ0) is 27.4. The first-order valence-electron chi connectivity index (χ1n) is 13.2. The molecule has 0 saturated carbocycles. The molecule has 0 radical (unpaired) electrons. The normalized spacial score (nSPS) is 11.4. The van der Waals surface area contributed by atoms with Crippen molar-refractivity contribution < 1.29 is 9.84 Å². The van der Waals surface area contributed by atoms with Crippen LogP contribution in [0.3, 0.4) is 0 Å². The summed E-state index contributed by atoms with van der Waals surface area (Å²) in [6.45, 7) is 13.9. The number of hydrogen-bond acceptors (Lipinski definition) is 4. The van der Waals surface area contributed by atoms with Gasteiger partial charge in [-0.2, -0.15) is 0 Å². The van der Waals surface area contributed by atoms with Crippen molar-refractivity contribution in [3.8, 4) is 16.9 Å². The molecule has 0 bridgehead atoms. The van der Waals surface area contributed by atoms with E-state index in [1.165, 1.54) is 11.1 Å². The number of aryl methyl sites for hydroxylation is 3. The summed E-state index contributed by atoms with van der Waals surface area (Å²) in [6.07, 6.45) is 0. The molecule has 0 fully saturated rings. The SMILES string of the molecule is COCCN(c1cc(C)ccc1Nc1ccc(C)cc1)c1ccccc1-c1cc(C)cc(C(C)(C)C)c1O. The van der Waals surface area contributed by atoms with Crippen molar-refractivity contribution in [3.63, 3.8) is 0 Å². The zero-order valence-corrected chi connectivity index (χ0v) is 23.7. The molecule has 4 nitrogen and oxygen atoms in total. The van der Waals surface area contributed by atoms with Crippen LogP contribution in [-0.2, 0) is 10.2 Å². The van der Waals surface area contributed by atoms with Crippen molar-refractivity contribution in [2.75, 3.05) is 30.5 Å². The van der Waals surface area contributed by atoms with Gasteiger partial charge in [-0.15, -0.1) is 0 Å². The van der Waals surface area contributed by atoms with Crippen molar-refractivity contribution in [2.45, 2.75) is 47.0 Å². The Balaban J connectivity index is 1.90. The molecular weight excluding hydrogens is 468 g/mol. The molecule has 0 aliphatic carbocycles. The number of phenolic OH excluding ortho intramolecular Hbond substituents is 1. The van der Waals surface area contributed by atoms with Crippen LogP contribution < -0.4 is 10.2 Å². The van der Waals surface area contributed by atoms with Gasteiger partial charge in [-0.3, -0.25) is 0 Å². The van der Waals surface area contributed by atoms with E-state index >= 15 is 0 Å². The molecule has 0 aliphatic rings. The van der Waals surface area contributed by atoms with Crippen LogP contribution in [0.4, 0.5) is 22.7 Å². The maximum Gasteiger partial charge on any atom is 0.127 e. The first-order chi connectivity index (χ1) is 18.1. The van der Waals surface area contributed by atoms with Crippen LogP contribution in [0.15, 0.2) is 78.9 Å². The lowest BCUT2D eigenvalue weighted by Crippen LogP contribution is -2.23. The van der Waals surface area contributed by atoms with Crippen LogP contribution >= 0.6 is 0 Å². The fourth-order valence-corrected chi connectivity index (χ4v) is 4.81. The van der Waals surface area contributed by atoms with E-state index < -0.39 is 0 Å².